The van der Waals surface area contributed by atoms with E-state index in [4.69, 9.17) is 0 Å². The van der Waals surface area contributed by atoms with Crippen LogP contribution in [0.3, 0.4) is 0 Å². The van der Waals surface area contributed by atoms with Crippen LogP contribution in [0.2, 0.25) is 0 Å². The summed E-state index contributed by atoms with van der Waals surface area (Å²) in [5, 5.41) is 3.42. The van der Waals surface area contributed by atoms with Gasteiger partial charge in [0.15, 0.2) is 0 Å². The van der Waals surface area contributed by atoms with Crippen molar-refractivity contribution in [3.05, 3.63) is 28.7 Å². The average molecular weight is 247 g/mol. The Kier molecular flexibility index (Phi) is 3.75. The number of fused-ring (bicyclic) bond motifs is 1. The Morgan fingerprint density at radius 2 is 1.89 bits per heavy atom. The Balaban J connectivity index is 2.01. The minimum absolute atomic E-state index is 0.157. The number of aromatic nitrogens is 2. The molecule has 2 rings (SSSR count). The summed E-state index contributed by atoms with van der Waals surface area (Å²) in [6.07, 6.45) is 1.22. The first-order chi connectivity index (χ1) is 8.54. The molecule has 0 aliphatic rings. The highest BCUT2D eigenvalue weighted by molar-refractivity contribution is 5.78. The van der Waals surface area contributed by atoms with E-state index in [0.717, 1.165) is 29.2 Å². The molecule has 0 amide bonds. The summed E-state index contributed by atoms with van der Waals surface area (Å²) in [4.78, 5) is 16.7. The van der Waals surface area contributed by atoms with E-state index in [9.17, 15) is 4.79 Å². The van der Waals surface area contributed by atoms with Crippen molar-refractivity contribution >= 4 is 16.7 Å². The van der Waals surface area contributed by atoms with Crippen LogP contribution in [0.15, 0.2) is 23.0 Å². The largest absolute Gasteiger partial charge is 0.385 e. The Hall–Kier alpha value is -1.71. The molecule has 0 radical (unpaired) electrons. The predicted molar refractivity (Wildman–Crippen MR) is 76.0 cm³/mol. The van der Waals surface area contributed by atoms with Gasteiger partial charge in [0.1, 0.15) is 0 Å². The normalized spacial score (nSPS) is 13.1. The van der Waals surface area contributed by atoms with Crippen molar-refractivity contribution in [1.82, 2.24) is 9.97 Å². The van der Waals surface area contributed by atoms with Crippen molar-refractivity contribution in [3.63, 3.8) is 0 Å². The number of rotatable bonds is 5. The van der Waals surface area contributed by atoms with Gasteiger partial charge in [-0.25, -0.2) is 4.79 Å². The van der Waals surface area contributed by atoms with Gasteiger partial charge < -0.3 is 15.3 Å². The van der Waals surface area contributed by atoms with Crippen LogP contribution in [0, 0.1) is 11.8 Å². The highest BCUT2D eigenvalue weighted by Crippen LogP contribution is 2.16. The highest BCUT2D eigenvalue weighted by Gasteiger charge is 2.05. The molecule has 0 aliphatic heterocycles. The molecule has 0 spiro atoms. The lowest BCUT2D eigenvalue weighted by Crippen LogP contribution is -2.13. The molecule has 2 aromatic rings. The Labute approximate surface area is 107 Å². The van der Waals surface area contributed by atoms with E-state index < -0.39 is 0 Å². The number of imidazole rings is 1. The highest BCUT2D eigenvalue weighted by atomic mass is 16.1. The minimum atomic E-state index is -0.157. The first kappa shape index (κ1) is 12.7. The molecule has 0 saturated heterocycles. The van der Waals surface area contributed by atoms with E-state index in [1.165, 1.54) is 6.42 Å². The van der Waals surface area contributed by atoms with E-state index >= 15 is 0 Å². The summed E-state index contributed by atoms with van der Waals surface area (Å²) in [6, 6.07) is 5.88. The lowest BCUT2D eigenvalue weighted by atomic mass is 9.99. The third-order valence-electron chi connectivity index (χ3n) is 3.04. The van der Waals surface area contributed by atoms with Crippen LogP contribution in [0.25, 0.3) is 11.0 Å². The number of hydrogen-bond acceptors (Lipinski definition) is 2. The van der Waals surface area contributed by atoms with Crippen LogP contribution in [0.4, 0.5) is 5.69 Å². The monoisotopic (exact) mass is 247 g/mol. The first-order valence-electron chi connectivity index (χ1n) is 6.50. The number of anilines is 1. The van der Waals surface area contributed by atoms with Gasteiger partial charge in [0.25, 0.3) is 0 Å². The maximum atomic E-state index is 11.2. The van der Waals surface area contributed by atoms with Crippen LogP contribution in [0.5, 0.6) is 0 Å². The van der Waals surface area contributed by atoms with Gasteiger partial charge in [-0.15, -0.1) is 0 Å². The smallest absolute Gasteiger partial charge is 0.323 e. The van der Waals surface area contributed by atoms with Crippen LogP contribution in [-0.4, -0.2) is 16.5 Å². The molecule has 1 atom stereocenters. The average Bonchev–Trinajstić information content (AvgIpc) is 2.64. The minimum Gasteiger partial charge on any atom is -0.385 e. The van der Waals surface area contributed by atoms with Crippen molar-refractivity contribution < 1.29 is 0 Å². The quantitative estimate of drug-likeness (QED) is 0.760. The van der Waals surface area contributed by atoms with Crippen molar-refractivity contribution in [2.75, 3.05) is 11.9 Å². The van der Waals surface area contributed by atoms with Crippen molar-refractivity contribution in [2.24, 2.45) is 11.8 Å². The van der Waals surface area contributed by atoms with Gasteiger partial charge >= 0.3 is 5.69 Å². The number of H-pyrrole nitrogens is 2. The molecule has 0 fully saturated rings. The van der Waals surface area contributed by atoms with E-state index in [0.29, 0.717) is 5.92 Å². The van der Waals surface area contributed by atoms with Crippen LogP contribution >= 0.6 is 0 Å². The fourth-order valence-electron chi connectivity index (χ4n) is 2.32. The Morgan fingerprint density at radius 3 is 2.61 bits per heavy atom. The van der Waals surface area contributed by atoms with Gasteiger partial charge in [0.2, 0.25) is 0 Å². The number of aromatic amines is 2. The fraction of sp³-hybridized carbons (Fsp3) is 0.500. The van der Waals surface area contributed by atoms with Gasteiger partial charge in [-0.1, -0.05) is 20.8 Å². The second kappa shape index (κ2) is 5.29. The zero-order valence-corrected chi connectivity index (χ0v) is 11.2. The lowest BCUT2D eigenvalue weighted by molar-refractivity contribution is 0.455. The summed E-state index contributed by atoms with van der Waals surface area (Å²) >= 11 is 0. The molecule has 0 bridgehead atoms. The molecule has 18 heavy (non-hydrogen) atoms. The Bertz CT molecular complexity index is 568. The first-order valence-corrected chi connectivity index (χ1v) is 6.50. The second-order valence-corrected chi connectivity index (χ2v) is 5.46. The molecule has 4 nitrogen and oxygen atoms in total. The van der Waals surface area contributed by atoms with E-state index in [2.05, 4.69) is 36.1 Å². The SMILES string of the molecule is CC(C)CC(C)CNc1ccc2[nH]c(=O)[nH]c2c1. The summed E-state index contributed by atoms with van der Waals surface area (Å²) in [5.41, 5.74) is 2.59. The van der Waals surface area contributed by atoms with E-state index in [1.54, 1.807) is 0 Å². The van der Waals surface area contributed by atoms with Gasteiger partial charge in [0.05, 0.1) is 11.0 Å². The number of benzene rings is 1. The van der Waals surface area contributed by atoms with Crippen LogP contribution < -0.4 is 11.0 Å². The third kappa shape index (κ3) is 3.15. The second-order valence-electron chi connectivity index (χ2n) is 5.46. The van der Waals surface area contributed by atoms with Gasteiger partial charge in [-0.05, 0) is 36.5 Å². The third-order valence-corrected chi connectivity index (χ3v) is 3.04. The Morgan fingerprint density at radius 1 is 1.17 bits per heavy atom. The van der Waals surface area contributed by atoms with Crippen molar-refractivity contribution in [3.8, 4) is 0 Å². The molecule has 1 heterocycles. The molecule has 3 N–H and O–H groups in total. The zero-order chi connectivity index (χ0) is 13.1. The predicted octanol–water partition coefficient (Wildman–Crippen LogP) is 2.95. The summed E-state index contributed by atoms with van der Waals surface area (Å²) < 4.78 is 0. The zero-order valence-electron chi connectivity index (χ0n) is 11.2. The van der Waals surface area contributed by atoms with Gasteiger partial charge in [-0.2, -0.15) is 0 Å². The van der Waals surface area contributed by atoms with Gasteiger partial charge in [-0.3, -0.25) is 0 Å². The standard InChI is InChI=1S/C14H21N3O/c1-9(2)6-10(3)8-15-11-4-5-12-13(7-11)17-14(18)16-12/h4-5,7,9-10,15H,6,8H2,1-3H3,(H2,16,17,18). The molecule has 1 aromatic carbocycles. The molecule has 4 heteroatoms. The maximum Gasteiger partial charge on any atom is 0.323 e. The maximum absolute atomic E-state index is 11.2. The van der Waals surface area contributed by atoms with E-state index in [1.807, 2.05) is 18.2 Å². The number of nitrogens with one attached hydrogen (secondary N) is 3. The fourth-order valence-corrected chi connectivity index (χ4v) is 2.32. The number of hydrogen-bond donors (Lipinski definition) is 3. The van der Waals surface area contributed by atoms with Crippen molar-refractivity contribution in [1.29, 1.82) is 0 Å². The molecular weight excluding hydrogens is 226 g/mol. The molecule has 1 unspecified atom stereocenters. The van der Waals surface area contributed by atoms with Crippen LogP contribution in [0.1, 0.15) is 27.2 Å². The van der Waals surface area contributed by atoms with E-state index in [-0.39, 0.29) is 5.69 Å². The summed E-state index contributed by atoms with van der Waals surface area (Å²) in [5.74, 6) is 1.37. The molecule has 98 valence electrons. The molecule has 1 aromatic heterocycles. The molecule has 0 saturated carbocycles. The summed E-state index contributed by atoms with van der Waals surface area (Å²) in [7, 11) is 0. The molecule has 0 aliphatic carbocycles. The lowest BCUT2D eigenvalue weighted by Gasteiger charge is -2.15. The topological polar surface area (TPSA) is 60.7 Å². The van der Waals surface area contributed by atoms with Crippen LogP contribution in [-0.2, 0) is 0 Å². The van der Waals surface area contributed by atoms with Crippen molar-refractivity contribution in [2.45, 2.75) is 27.2 Å². The summed E-state index contributed by atoms with van der Waals surface area (Å²) in [6.45, 7) is 7.70. The molecular formula is C14H21N3O. The van der Waals surface area contributed by atoms with Gasteiger partial charge in [0, 0.05) is 12.2 Å².